The normalized spacial score (nSPS) is 12.9. The Labute approximate surface area is 91.3 Å². The number of hydrogen-bond donors (Lipinski definition) is 2. The lowest BCUT2D eigenvalue weighted by Crippen LogP contribution is -2.22. The number of aliphatic hydroxyl groups is 1. The molecule has 2 N–H and O–H groups in total. The molecule has 0 radical (unpaired) electrons. The Bertz CT molecular complexity index is 383. The van der Waals surface area contributed by atoms with Gasteiger partial charge in [-0.05, 0) is 12.1 Å². The highest BCUT2D eigenvalue weighted by Gasteiger charge is 2.32. The summed E-state index contributed by atoms with van der Waals surface area (Å²) in [5, 5.41) is 18.6. The molecule has 0 saturated heterocycles. The molecular weight excluding hydrogens is 221 g/mol. The van der Waals surface area contributed by atoms with E-state index in [4.69, 9.17) is 5.11 Å². The number of aromatic hydroxyl groups is 1. The largest absolute Gasteiger partial charge is 0.508 e. The third-order valence-corrected chi connectivity index (χ3v) is 2.45. The maximum absolute atomic E-state index is 12.3. The van der Waals surface area contributed by atoms with Gasteiger partial charge in [-0.25, -0.2) is 0 Å². The SMILES string of the molecule is CC(C)(CO)c1ccc(C(F)(F)F)cc1O. The van der Waals surface area contributed by atoms with Crippen LogP contribution in [0.4, 0.5) is 13.2 Å². The molecule has 0 bridgehead atoms. The maximum atomic E-state index is 12.3. The molecule has 0 aliphatic heterocycles. The molecule has 0 aliphatic carbocycles. The van der Waals surface area contributed by atoms with Crippen molar-refractivity contribution in [3.63, 3.8) is 0 Å². The van der Waals surface area contributed by atoms with Crippen molar-refractivity contribution < 1.29 is 23.4 Å². The fourth-order valence-corrected chi connectivity index (χ4v) is 1.37. The standard InChI is InChI=1S/C11H13F3O2/c1-10(2,6-15)8-4-3-7(5-9(8)16)11(12,13)14/h3-5,15-16H,6H2,1-2H3. The zero-order valence-electron chi connectivity index (χ0n) is 8.97. The van der Waals surface area contributed by atoms with E-state index in [0.717, 1.165) is 6.07 Å². The fourth-order valence-electron chi connectivity index (χ4n) is 1.37. The Hall–Kier alpha value is -1.23. The quantitative estimate of drug-likeness (QED) is 0.825. The second-order valence-corrected chi connectivity index (χ2v) is 4.27. The minimum absolute atomic E-state index is 0.258. The Morgan fingerprint density at radius 3 is 2.12 bits per heavy atom. The van der Waals surface area contributed by atoms with Crippen LogP contribution < -0.4 is 0 Å². The van der Waals surface area contributed by atoms with E-state index in [1.54, 1.807) is 13.8 Å². The van der Waals surface area contributed by atoms with Crippen molar-refractivity contribution in [2.45, 2.75) is 25.4 Å². The van der Waals surface area contributed by atoms with Crippen molar-refractivity contribution in [1.82, 2.24) is 0 Å². The summed E-state index contributed by atoms with van der Waals surface area (Å²) in [6.07, 6.45) is -4.47. The van der Waals surface area contributed by atoms with Crippen molar-refractivity contribution in [2.75, 3.05) is 6.61 Å². The molecule has 16 heavy (non-hydrogen) atoms. The molecule has 1 rings (SSSR count). The van der Waals surface area contributed by atoms with E-state index in [9.17, 15) is 18.3 Å². The first-order valence-electron chi connectivity index (χ1n) is 4.70. The minimum atomic E-state index is -4.47. The smallest absolute Gasteiger partial charge is 0.416 e. The number of phenols is 1. The number of rotatable bonds is 2. The third kappa shape index (κ3) is 2.47. The molecule has 0 atom stereocenters. The average Bonchev–Trinajstić information content (AvgIpc) is 2.16. The molecular formula is C11H13F3O2. The molecule has 0 unspecified atom stereocenters. The second-order valence-electron chi connectivity index (χ2n) is 4.27. The lowest BCUT2D eigenvalue weighted by molar-refractivity contribution is -0.137. The Balaban J connectivity index is 3.20. The van der Waals surface area contributed by atoms with Crippen molar-refractivity contribution in [2.24, 2.45) is 0 Å². The van der Waals surface area contributed by atoms with E-state index < -0.39 is 22.9 Å². The van der Waals surface area contributed by atoms with E-state index in [1.165, 1.54) is 6.07 Å². The lowest BCUT2D eigenvalue weighted by Gasteiger charge is -2.23. The van der Waals surface area contributed by atoms with Gasteiger partial charge in [0.15, 0.2) is 0 Å². The van der Waals surface area contributed by atoms with Crippen LogP contribution in [0.15, 0.2) is 18.2 Å². The summed E-state index contributed by atoms with van der Waals surface area (Å²) < 4.78 is 37.0. The summed E-state index contributed by atoms with van der Waals surface area (Å²) >= 11 is 0. The van der Waals surface area contributed by atoms with Gasteiger partial charge >= 0.3 is 6.18 Å². The van der Waals surface area contributed by atoms with Gasteiger partial charge in [-0.1, -0.05) is 19.9 Å². The molecule has 2 nitrogen and oxygen atoms in total. The van der Waals surface area contributed by atoms with Gasteiger partial charge in [0.2, 0.25) is 0 Å². The van der Waals surface area contributed by atoms with E-state index in [2.05, 4.69) is 0 Å². The highest BCUT2D eigenvalue weighted by Crippen LogP contribution is 2.36. The number of hydrogen-bond acceptors (Lipinski definition) is 2. The van der Waals surface area contributed by atoms with Gasteiger partial charge in [-0.3, -0.25) is 0 Å². The van der Waals surface area contributed by atoms with Crippen molar-refractivity contribution in [3.05, 3.63) is 29.3 Å². The highest BCUT2D eigenvalue weighted by molar-refractivity contribution is 5.41. The predicted octanol–water partition coefficient (Wildman–Crippen LogP) is 2.68. The Kier molecular flexibility index (Phi) is 3.19. The molecule has 5 heteroatoms. The van der Waals surface area contributed by atoms with Crippen LogP contribution in [0.2, 0.25) is 0 Å². The lowest BCUT2D eigenvalue weighted by atomic mass is 9.84. The number of halogens is 3. The van der Waals surface area contributed by atoms with Gasteiger partial charge in [-0.15, -0.1) is 0 Å². The molecule has 1 aromatic carbocycles. The molecule has 0 amide bonds. The first-order valence-corrected chi connectivity index (χ1v) is 4.70. The number of alkyl halides is 3. The maximum Gasteiger partial charge on any atom is 0.416 e. The van der Waals surface area contributed by atoms with Crippen LogP contribution in [0, 0.1) is 0 Å². The molecule has 90 valence electrons. The van der Waals surface area contributed by atoms with Crippen molar-refractivity contribution in [3.8, 4) is 5.75 Å². The van der Waals surface area contributed by atoms with Gasteiger partial charge in [0.05, 0.1) is 12.2 Å². The molecule has 0 aromatic heterocycles. The van der Waals surface area contributed by atoms with Crippen molar-refractivity contribution in [1.29, 1.82) is 0 Å². The van der Waals surface area contributed by atoms with E-state index in [-0.39, 0.29) is 6.61 Å². The zero-order chi connectivity index (χ0) is 12.6. The summed E-state index contributed by atoms with van der Waals surface area (Å²) in [6.45, 7) is 3.01. The van der Waals surface area contributed by atoms with Gasteiger partial charge in [0, 0.05) is 11.0 Å². The number of phenolic OH excluding ortho intramolecular Hbond substituents is 1. The summed E-state index contributed by atoms with van der Waals surface area (Å²) in [5.41, 5.74) is -1.38. The Morgan fingerprint density at radius 2 is 1.75 bits per heavy atom. The first kappa shape index (κ1) is 12.8. The minimum Gasteiger partial charge on any atom is -0.508 e. The fraction of sp³-hybridized carbons (Fsp3) is 0.455. The number of benzene rings is 1. The molecule has 0 saturated carbocycles. The predicted molar refractivity (Wildman–Crippen MR) is 53.2 cm³/mol. The number of aliphatic hydroxyl groups excluding tert-OH is 1. The highest BCUT2D eigenvalue weighted by atomic mass is 19.4. The third-order valence-electron chi connectivity index (χ3n) is 2.45. The molecule has 0 fully saturated rings. The van der Waals surface area contributed by atoms with Crippen LogP contribution >= 0.6 is 0 Å². The van der Waals surface area contributed by atoms with E-state index in [1.807, 2.05) is 0 Å². The topological polar surface area (TPSA) is 40.5 Å². The summed E-state index contributed by atoms with van der Waals surface area (Å²) in [6, 6.07) is 2.76. The van der Waals surface area contributed by atoms with Crippen LogP contribution in [0.25, 0.3) is 0 Å². The van der Waals surface area contributed by atoms with Crippen molar-refractivity contribution >= 4 is 0 Å². The van der Waals surface area contributed by atoms with Gasteiger partial charge in [0.25, 0.3) is 0 Å². The van der Waals surface area contributed by atoms with E-state index >= 15 is 0 Å². The summed E-state index contributed by atoms with van der Waals surface area (Å²) in [4.78, 5) is 0. The summed E-state index contributed by atoms with van der Waals surface area (Å²) in [5.74, 6) is -0.450. The summed E-state index contributed by atoms with van der Waals surface area (Å²) in [7, 11) is 0. The van der Waals surface area contributed by atoms with E-state index in [0.29, 0.717) is 11.6 Å². The first-order chi connectivity index (χ1) is 7.18. The van der Waals surface area contributed by atoms with Crippen LogP contribution in [0.3, 0.4) is 0 Å². The molecule has 1 aromatic rings. The molecule has 0 aliphatic rings. The van der Waals surface area contributed by atoms with Crippen LogP contribution in [0.5, 0.6) is 5.75 Å². The van der Waals surface area contributed by atoms with Gasteiger partial charge in [0.1, 0.15) is 5.75 Å². The van der Waals surface area contributed by atoms with Crippen LogP contribution in [-0.2, 0) is 11.6 Å². The molecule has 0 heterocycles. The molecule has 0 spiro atoms. The Morgan fingerprint density at radius 1 is 1.19 bits per heavy atom. The average molecular weight is 234 g/mol. The van der Waals surface area contributed by atoms with Crippen LogP contribution in [-0.4, -0.2) is 16.8 Å². The zero-order valence-corrected chi connectivity index (χ0v) is 8.97. The van der Waals surface area contributed by atoms with Crippen LogP contribution in [0.1, 0.15) is 25.0 Å². The monoisotopic (exact) mass is 234 g/mol. The van der Waals surface area contributed by atoms with Gasteiger partial charge < -0.3 is 10.2 Å². The second kappa shape index (κ2) is 3.97. The van der Waals surface area contributed by atoms with Gasteiger partial charge in [-0.2, -0.15) is 13.2 Å².